The summed E-state index contributed by atoms with van der Waals surface area (Å²) < 4.78 is 45.3. The third kappa shape index (κ3) is 3.60. The number of hydrogen-bond donors (Lipinski definition) is 0. The van der Waals surface area contributed by atoms with Crippen molar-refractivity contribution in [2.45, 2.75) is 32.4 Å². The van der Waals surface area contributed by atoms with Crippen molar-refractivity contribution in [2.24, 2.45) is 0 Å². The van der Waals surface area contributed by atoms with Crippen LogP contribution in [-0.4, -0.2) is 24.5 Å². The van der Waals surface area contributed by atoms with Crippen molar-refractivity contribution in [3.05, 3.63) is 76.7 Å². The van der Waals surface area contributed by atoms with Gasteiger partial charge in [0.2, 0.25) is 0 Å². The number of aryl methyl sites for hydroxylation is 1. The second-order valence-electron chi connectivity index (χ2n) is 6.94. The van der Waals surface area contributed by atoms with Crippen molar-refractivity contribution in [1.29, 1.82) is 0 Å². The molecule has 5 nitrogen and oxygen atoms in total. The lowest BCUT2D eigenvalue weighted by Gasteiger charge is -2.26. The van der Waals surface area contributed by atoms with Crippen molar-refractivity contribution < 1.29 is 13.2 Å². The van der Waals surface area contributed by atoms with E-state index in [1.807, 2.05) is 13.8 Å². The molecular formula is C20H17ClF3N5. The van der Waals surface area contributed by atoms with E-state index >= 15 is 0 Å². The van der Waals surface area contributed by atoms with Crippen LogP contribution in [0.5, 0.6) is 0 Å². The van der Waals surface area contributed by atoms with Crippen molar-refractivity contribution in [2.75, 3.05) is 0 Å². The summed E-state index contributed by atoms with van der Waals surface area (Å²) in [5.41, 5.74) is 1.59. The van der Waals surface area contributed by atoms with Gasteiger partial charge in [0.25, 0.3) is 0 Å². The average Bonchev–Trinajstić information content (AvgIpc) is 3.29. The molecule has 2 aromatic carbocycles. The standard InChI is InChI=1S/C20H17ClF3N5/c1-11-15-6-19(24)17(21)7-20(15)27-29(11)12(2)16(8-28-10-25-9-26-28)14-4-3-13(22)5-18(14)23/h3-7,9-10,12,16H,8H2,1-2H3/t12-,16-/m1/s1. The molecule has 0 fully saturated rings. The van der Waals surface area contributed by atoms with Gasteiger partial charge in [-0.1, -0.05) is 17.7 Å². The highest BCUT2D eigenvalue weighted by Gasteiger charge is 2.27. The second kappa shape index (κ2) is 7.51. The fourth-order valence-corrected chi connectivity index (χ4v) is 3.79. The Bertz CT molecular complexity index is 1170. The topological polar surface area (TPSA) is 48.5 Å². The predicted molar refractivity (Wildman–Crippen MR) is 103 cm³/mol. The first-order valence-corrected chi connectivity index (χ1v) is 9.34. The van der Waals surface area contributed by atoms with Crippen LogP contribution < -0.4 is 0 Å². The van der Waals surface area contributed by atoms with Gasteiger partial charge in [0.1, 0.15) is 30.1 Å². The number of benzene rings is 2. The molecule has 0 aliphatic carbocycles. The maximum absolute atomic E-state index is 14.6. The highest BCUT2D eigenvalue weighted by Crippen LogP contribution is 2.35. The zero-order valence-corrected chi connectivity index (χ0v) is 16.4. The Balaban J connectivity index is 1.81. The van der Waals surface area contributed by atoms with Crippen LogP contribution in [0.4, 0.5) is 13.2 Å². The van der Waals surface area contributed by atoms with E-state index in [0.29, 0.717) is 28.7 Å². The Morgan fingerprint density at radius 2 is 1.90 bits per heavy atom. The molecule has 150 valence electrons. The summed E-state index contributed by atoms with van der Waals surface area (Å²) in [6, 6.07) is 5.96. The van der Waals surface area contributed by atoms with Gasteiger partial charge in [-0.2, -0.15) is 10.2 Å². The molecule has 0 N–H and O–H groups in total. The lowest BCUT2D eigenvalue weighted by Crippen LogP contribution is -2.23. The van der Waals surface area contributed by atoms with Crippen molar-refractivity contribution in [1.82, 2.24) is 24.5 Å². The van der Waals surface area contributed by atoms with Gasteiger partial charge >= 0.3 is 0 Å². The Hall–Kier alpha value is -2.87. The Morgan fingerprint density at radius 1 is 1.10 bits per heavy atom. The Morgan fingerprint density at radius 3 is 2.59 bits per heavy atom. The molecule has 0 radical (unpaired) electrons. The van der Waals surface area contributed by atoms with E-state index in [-0.39, 0.29) is 11.1 Å². The molecule has 2 aromatic heterocycles. The van der Waals surface area contributed by atoms with Crippen molar-refractivity contribution >= 4 is 22.5 Å². The smallest absolute Gasteiger partial charge is 0.142 e. The molecular weight excluding hydrogens is 403 g/mol. The fraction of sp³-hybridized carbons (Fsp3) is 0.250. The van der Waals surface area contributed by atoms with Crippen LogP contribution in [0.2, 0.25) is 5.02 Å². The van der Waals surface area contributed by atoms with Crippen LogP contribution in [0, 0.1) is 24.4 Å². The third-order valence-corrected chi connectivity index (χ3v) is 5.46. The molecule has 0 unspecified atom stereocenters. The molecule has 0 spiro atoms. The summed E-state index contributed by atoms with van der Waals surface area (Å²) in [5, 5.41) is 9.27. The molecule has 0 bridgehead atoms. The Labute approximate surface area is 169 Å². The summed E-state index contributed by atoms with van der Waals surface area (Å²) in [6.45, 7) is 3.99. The van der Waals surface area contributed by atoms with E-state index in [4.69, 9.17) is 11.6 Å². The number of halogens is 4. The first-order chi connectivity index (χ1) is 13.8. The van der Waals surface area contributed by atoms with Gasteiger partial charge in [-0.3, -0.25) is 9.36 Å². The number of fused-ring (bicyclic) bond motifs is 1. The van der Waals surface area contributed by atoms with Gasteiger partial charge in [0.05, 0.1) is 23.1 Å². The molecule has 0 aliphatic heterocycles. The largest absolute Gasteiger partial charge is 0.265 e. The number of nitrogens with zero attached hydrogens (tertiary/aromatic N) is 5. The summed E-state index contributed by atoms with van der Waals surface area (Å²) in [5.74, 6) is -2.27. The highest BCUT2D eigenvalue weighted by molar-refractivity contribution is 6.31. The zero-order valence-electron chi connectivity index (χ0n) is 15.7. The summed E-state index contributed by atoms with van der Waals surface area (Å²) in [7, 11) is 0. The van der Waals surface area contributed by atoms with Crippen LogP contribution in [0.3, 0.4) is 0 Å². The molecule has 2 heterocycles. The van der Waals surface area contributed by atoms with E-state index in [1.54, 1.807) is 9.36 Å². The lowest BCUT2D eigenvalue weighted by atomic mass is 9.91. The van der Waals surface area contributed by atoms with Crippen LogP contribution in [0.25, 0.3) is 10.9 Å². The average molecular weight is 420 g/mol. The van der Waals surface area contributed by atoms with Gasteiger partial charge in [0, 0.05) is 23.1 Å². The molecule has 0 saturated carbocycles. The number of aromatic nitrogens is 5. The first-order valence-electron chi connectivity index (χ1n) is 8.96. The monoisotopic (exact) mass is 419 g/mol. The third-order valence-electron chi connectivity index (χ3n) is 5.17. The Kier molecular flexibility index (Phi) is 5.04. The first kappa shape index (κ1) is 19.4. The number of hydrogen-bond acceptors (Lipinski definition) is 3. The summed E-state index contributed by atoms with van der Waals surface area (Å²) in [4.78, 5) is 3.93. The van der Waals surface area contributed by atoms with Gasteiger partial charge < -0.3 is 0 Å². The van der Waals surface area contributed by atoms with E-state index in [9.17, 15) is 13.2 Å². The van der Waals surface area contributed by atoms with E-state index in [0.717, 1.165) is 6.07 Å². The summed E-state index contributed by atoms with van der Waals surface area (Å²) >= 11 is 5.89. The minimum absolute atomic E-state index is 0.0152. The molecule has 29 heavy (non-hydrogen) atoms. The van der Waals surface area contributed by atoms with Crippen LogP contribution in [0.15, 0.2) is 43.0 Å². The second-order valence-corrected chi connectivity index (χ2v) is 7.35. The molecule has 2 atom stereocenters. The zero-order chi connectivity index (χ0) is 20.7. The van der Waals surface area contributed by atoms with Gasteiger partial charge in [-0.15, -0.1) is 0 Å². The van der Waals surface area contributed by atoms with Crippen LogP contribution in [-0.2, 0) is 6.54 Å². The molecule has 0 aliphatic rings. The molecule has 4 rings (SSSR count). The minimum Gasteiger partial charge on any atom is -0.265 e. The SMILES string of the molecule is Cc1c2cc(F)c(Cl)cc2nn1[C@H](C)[C@@H](Cn1cncn1)c1ccc(F)cc1F. The van der Waals surface area contributed by atoms with Crippen LogP contribution in [0.1, 0.15) is 30.1 Å². The van der Waals surface area contributed by atoms with Crippen molar-refractivity contribution in [3.63, 3.8) is 0 Å². The fourth-order valence-electron chi connectivity index (χ4n) is 3.63. The van der Waals surface area contributed by atoms with Gasteiger partial charge in [0.15, 0.2) is 0 Å². The molecule has 0 saturated heterocycles. The maximum atomic E-state index is 14.6. The van der Waals surface area contributed by atoms with Gasteiger partial charge in [-0.25, -0.2) is 18.2 Å². The lowest BCUT2D eigenvalue weighted by molar-refractivity contribution is 0.347. The highest BCUT2D eigenvalue weighted by atomic mass is 35.5. The normalized spacial score (nSPS) is 13.7. The predicted octanol–water partition coefficient (Wildman–Crippen LogP) is 5.05. The quantitative estimate of drug-likeness (QED) is 0.454. The summed E-state index contributed by atoms with van der Waals surface area (Å²) in [6.07, 6.45) is 2.92. The van der Waals surface area contributed by atoms with E-state index < -0.39 is 23.4 Å². The van der Waals surface area contributed by atoms with Crippen LogP contribution >= 0.6 is 11.6 Å². The van der Waals surface area contributed by atoms with E-state index in [1.165, 1.54) is 36.9 Å². The molecule has 0 amide bonds. The minimum atomic E-state index is -0.649. The van der Waals surface area contributed by atoms with Gasteiger partial charge in [-0.05, 0) is 37.6 Å². The maximum Gasteiger partial charge on any atom is 0.142 e. The molecule has 9 heteroatoms. The number of rotatable bonds is 5. The van der Waals surface area contributed by atoms with E-state index in [2.05, 4.69) is 15.2 Å². The van der Waals surface area contributed by atoms with Crippen molar-refractivity contribution in [3.8, 4) is 0 Å². The molecule has 4 aromatic rings.